The largest absolute Gasteiger partial charge is 0.494 e. The zero-order chi connectivity index (χ0) is 29.1. The molecule has 8 nitrogen and oxygen atoms in total. The van der Waals surface area contributed by atoms with Crippen LogP contribution in [0.3, 0.4) is 0 Å². The number of ether oxygens (including phenoxy) is 6. The second kappa shape index (κ2) is 15.4. The SMILES string of the molecule is CCCCOc1ccc(/C=C/C(=O)O[C@@H]2CO[C@@]3(I)[C@@H]2OC[C@H]3OC(=O)/C=C/c2ccc(OCCCC)cc2)cc1. The van der Waals surface area contributed by atoms with Crippen molar-refractivity contribution in [3.63, 3.8) is 0 Å². The van der Waals surface area contributed by atoms with Gasteiger partial charge in [-0.1, -0.05) is 51.0 Å². The molecule has 0 unspecified atom stereocenters. The maximum Gasteiger partial charge on any atom is 0.331 e. The van der Waals surface area contributed by atoms with Gasteiger partial charge in [-0.3, -0.25) is 0 Å². The summed E-state index contributed by atoms with van der Waals surface area (Å²) in [5.41, 5.74) is 1.70. The van der Waals surface area contributed by atoms with Crippen molar-refractivity contribution >= 4 is 46.7 Å². The molecule has 0 spiro atoms. The van der Waals surface area contributed by atoms with Crippen molar-refractivity contribution in [2.45, 2.75) is 61.5 Å². The summed E-state index contributed by atoms with van der Waals surface area (Å²) in [6.45, 7) is 5.90. The summed E-state index contributed by atoms with van der Waals surface area (Å²) >= 11 is 2.09. The highest BCUT2D eigenvalue weighted by Crippen LogP contribution is 2.45. The number of halogens is 1. The smallest absolute Gasteiger partial charge is 0.331 e. The summed E-state index contributed by atoms with van der Waals surface area (Å²) in [5, 5.41) is 0. The highest BCUT2D eigenvalue weighted by Gasteiger charge is 2.61. The second-order valence-electron chi connectivity index (χ2n) is 9.87. The van der Waals surface area contributed by atoms with Gasteiger partial charge >= 0.3 is 11.9 Å². The minimum Gasteiger partial charge on any atom is -0.494 e. The van der Waals surface area contributed by atoms with Crippen LogP contribution in [0.2, 0.25) is 0 Å². The number of carbonyl (C=O) groups excluding carboxylic acids is 2. The number of carbonyl (C=O) groups is 2. The van der Waals surface area contributed by atoms with Crippen molar-refractivity contribution < 1.29 is 38.0 Å². The van der Waals surface area contributed by atoms with Crippen LogP contribution in [0, 0.1) is 0 Å². The van der Waals surface area contributed by atoms with Crippen molar-refractivity contribution in [2.24, 2.45) is 0 Å². The molecule has 0 amide bonds. The van der Waals surface area contributed by atoms with Gasteiger partial charge in [-0.2, -0.15) is 0 Å². The van der Waals surface area contributed by atoms with Crippen molar-refractivity contribution in [2.75, 3.05) is 26.4 Å². The molecule has 2 aromatic carbocycles. The van der Waals surface area contributed by atoms with E-state index in [9.17, 15) is 9.59 Å². The van der Waals surface area contributed by atoms with E-state index < -0.39 is 33.9 Å². The van der Waals surface area contributed by atoms with E-state index in [1.165, 1.54) is 12.2 Å². The van der Waals surface area contributed by atoms with E-state index in [2.05, 4.69) is 36.4 Å². The molecule has 2 heterocycles. The fourth-order valence-electron chi connectivity index (χ4n) is 4.36. The molecule has 2 aliphatic rings. The van der Waals surface area contributed by atoms with Crippen LogP contribution in [0.15, 0.2) is 60.7 Å². The fraction of sp³-hybridized carbons (Fsp3) is 0.438. The van der Waals surface area contributed by atoms with Gasteiger partial charge in [0.05, 0.1) is 26.4 Å². The number of rotatable bonds is 14. The van der Waals surface area contributed by atoms with E-state index in [1.54, 1.807) is 12.2 Å². The Kier molecular flexibility index (Phi) is 11.6. The third-order valence-electron chi connectivity index (χ3n) is 6.70. The predicted molar refractivity (Wildman–Crippen MR) is 164 cm³/mol. The molecule has 0 radical (unpaired) electrons. The molecule has 2 fully saturated rings. The quantitative estimate of drug-likeness (QED) is 0.0774. The topological polar surface area (TPSA) is 89.5 Å². The van der Waals surface area contributed by atoms with Crippen molar-refractivity contribution in [3.8, 4) is 11.5 Å². The van der Waals surface area contributed by atoms with Gasteiger partial charge in [0.15, 0.2) is 15.8 Å². The molecule has 9 heteroatoms. The maximum atomic E-state index is 12.6. The van der Waals surface area contributed by atoms with Gasteiger partial charge in [0.2, 0.25) is 0 Å². The molecule has 0 saturated carbocycles. The number of fused-ring (bicyclic) bond motifs is 1. The van der Waals surface area contributed by atoms with Gasteiger partial charge in [0, 0.05) is 12.2 Å². The molecule has 0 aromatic heterocycles. The highest BCUT2D eigenvalue weighted by molar-refractivity contribution is 14.1. The van der Waals surface area contributed by atoms with Crippen molar-refractivity contribution in [3.05, 3.63) is 71.8 Å². The Hall–Kier alpha value is -2.89. The van der Waals surface area contributed by atoms with Crippen LogP contribution in [-0.2, 0) is 28.5 Å². The second-order valence-corrected chi connectivity index (χ2v) is 11.6. The highest BCUT2D eigenvalue weighted by atomic mass is 127. The van der Waals surface area contributed by atoms with Gasteiger partial charge in [0.25, 0.3) is 0 Å². The van der Waals surface area contributed by atoms with Gasteiger partial charge in [-0.05, 0) is 83.0 Å². The number of alkyl halides is 1. The molecular weight excluding hydrogens is 639 g/mol. The Morgan fingerprint density at radius 2 is 1.34 bits per heavy atom. The van der Waals surface area contributed by atoms with E-state index in [4.69, 9.17) is 28.4 Å². The van der Waals surface area contributed by atoms with E-state index in [-0.39, 0.29) is 13.2 Å². The zero-order valence-electron chi connectivity index (χ0n) is 23.5. The molecule has 41 heavy (non-hydrogen) atoms. The Morgan fingerprint density at radius 3 is 1.85 bits per heavy atom. The molecule has 2 aliphatic heterocycles. The van der Waals surface area contributed by atoms with Gasteiger partial charge < -0.3 is 28.4 Å². The number of unbranched alkanes of at least 4 members (excludes halogenated alkanes) is 2. The first-order valence-corrected chi connectivity index (χ1v) is 15.2. The number of hydrogen-bond donors (Lipinski definition) is 0. The standard InChI is InChI=1S/C32H37IO8/c1-3-5-19-36-25-13-7-23(8-14-25)11-17-29(34)40-27-21-39-32(33)28(22-38-31(27)32)41-30(35)18-12-24-9-15-26(16-10-24)37-20-6-4-2/h7-18,27-28,31H,3-6,19-22H2,1-2H3/b17-11+,18-12+/t27-,28-,31-,32-/m1/s1. The third-order valence-corrected chi connectivity index (χ3v) is 8.32. The number of benzene rings is 2. The molecule has 2 aromatic rings. The van der Waals surface area contributed by atoms with E-state index in [0.29, 0.717) is 13.2 Å². The van der Waals surface area contributed by atoms with Gasteiger partial charge in [-0.25, -0.2) is 9.59 Å². The summed E-state index contributed by atoms with van der Waals surface area (Å²) < 4.78 is 33.5. The summed E-state index contributed by atoms with van der Waals surface area (Å²) in [6.07, 6.45) is 8.48. The first-order chi connectivity index (χ1) is 19.9. The van der Waals surface area contributed by atoms with Crippen LogP contribution >= 0.6 is 22.6 Å². The molecule has 4 atom stereocenters. The number of hydrogen-bond acceptors (Lipinski definition) is 8. The van der Waals surface area contributed by atoms with Crippen LogP contribution in [0.25, 0.3) is 12.2 Å². The first-order valence-electron chi connectivity index (χ1n) is 14.1. The molecule has 0 bridgehead atoms. The molecule has 4 rings (SSSR count). The van der Waals surface area contributed by atoms with Crippen LogP contribution in [0.1, 0.15) is 50.7 Å². The molecule has 220 valence electrons. The molecular formula is C32H37IO8. The lowest BCUT2D eigenvalue weighted by molar-refractivity contribution is -0.149. The van der Waals surface area contributed by atoms with Gasteiger partial charge in [0.1, 0.15) is 17.6 Å². The third kappa shape index (κ3) is 8.80. The summed E-state index contributed by atoms with van der Waals surface area (Å²) in [5.74, 6) is 0.583. The van der Waals surface area contributed by atoms with Gasteiger partial charge in [-0.15, -0.1) is 0 Å². The Balaban J connectivity index is 1.24. The van der Waals surface area contributed by atoms with Crippen LogP contribution in [0.5, 0.6) is 11.5 Å². The summed E-state index contributed by atoms with van der Waals surface area (Å²) in [4.78, 5) is 25.1. The Labute approximate surface area is 255 Å². The summed E-state index contributed by atoms with van der Waals surface area (Å²) in [7, 11) is 0. The average molecular weight is 677 g/mol. The van der Waals surface area contributed by atoms with E-state index in [1.807, 2.05) is 48.5 Å². The summed E-state index contributed by atoms with van der Waals surface area (Å²) in [6, 6.07) is 15.0. The monoisotopic (exact) mass is 676 g/mol. The average Bonchev–Trinajstić information content (AvgIpc) is 3.47. The maximum absolute atomic E-state index is 12.6. The van der Waals surface area contributed by atoms with E-state index in [0.717, 1.165) is 48.3 Å². The Bertz CT molecular complexity index is 1190. The lowest BCUT2D eigenvalue weighted by Crippen LogP contribution is -2.43. The molecule has 0 N–H and O–H groups in total. The Morgan fingerprint density at radius 1 is 0.829 bits per heavy atom. The predicted octanol–water partition coefficient (Wildman–Crippen LogP) is 6.15. The minimum absolute atomic E-state index is 0.146. The van der Waals surface area contributed by atoms with E-state index >= 15 is 0 Å². The lowest BCUT2D eigenvalue weighted by Gasteiger charge is -2.25. The lowest BCUT2D eigenvalue weighted by atomic mass is 10.1. The normalized spacial score (nSPS) is 23.5. The number of esters is 2. The van der Waals surface area contributed by atoms with Crippen molar-refractivity contribution in [1.29, 1.82) is 0 Å². The molecule has 0 aliphatic carbocycles. The van der Waals surface area contributed by atoms with Crippen LogP contribution in [-0.4, -0.2) is 60.3 Å². The van der Waals surface area contributed by atoms with Crippen LogP contribution < -0.4 is 9.47 Å². The van der Waals surface area contributed by atoms with Crippen molar-refractivity contribution in [1.82, 2.24) is 0 Å². The zero-order valence-corrected chi connectivity index (χ0v) is 25.6. The molecule has 2 saturated heterocycles. The fourth-order valence-corrected chi connectivity index (χ4v) is 5.43. The van der Waals surface area contributed by atoms with Crippen LogP contribution in [0.4, 0.5) is 0 Å². The first kappa shape index (κ1) is 31.1. The minimum atomic E-state index is -0.943.